The molecule has 14 heavy (non-hydrogen) atoms. The fourth-order valence-corrected chi connectivity index (χ4v) is 2.44. The predicted molar refractivity (Wildman–Crippen MR) is 57.4 cm³/mol. The van der Waals surface area contributed by atoms with Crippen molar-refractivity contribution in [3.8, 4) is 0 Å². The van der Waals surface area contributed by atoms with E-state index in [1.165, 1.54) is 25.8 Å². The van der Waals surface area contributed by atoms with E-state index in [4.69, 9.17) is 4.74 Å². The summed E-state index contributed by atoms with van der Waals surface area (Å²) < 4.78 is 5.35. The molecule has 0 aliphatic carbocycles. The molecule has 2 saturated heterocycles. The molecular weight excluding hydrogens is 176 g/mol. The predicted octanol–water partition coefficient (Wildman–Crippen LogP) is 0.707. The lowest BCUT2D eigenvalue weighted by Crippen LogP contribution is -2.37. The Hall–Kier alpha value is -0.120. The van der Waals surface area contributed by atoms with Gasteiger partial charge >= 0.3 is 0 Å². The zero-order valence-electron chi connectivity index (χ0n) is 9.17. The maximum Gasteiger partial charge on any atom is 0.0507 e. The first-order valence-corrected chi connectivity index (χ1v) is 5.85. The van der Waals surface area contributed by atoms with Crippen LogP contribution >= 0.6 is 0 Å². The molecule has 0 radical (unpaired) electrons. The SMILES string of the molecule is CN1CCCC1CNCC1CCOC1. The molecule has 0 aromatic rings. The molecule has 2 aliphatic heterocycles. The summed E-state index contributed by atoms with van der Waals surface area (Å²) in [5.74, 6) is 0.765. The highest BCUT2D eigenvalue weighted by atomic mass is 16.5. The number of hydrogen-bond donors (Lipinski definition) is 1. The molecular formula is C11H22N2O. The van der Waals surface area contributed by atoms with Crippen molar-refractivity contribution >= 4 is 0 Å². The smallest absolute Gasteiger partial charge is 0.0507 e. The quantitative estimate of drug-likeness (QED) is 0.720. The molecule has 2 atom stereocenters. The summed E-state index contributed by atoms with van der Waals surface area (Å²) in [6.45, 7) is 5.51. The number of rotatable bonds is 4. The first-order chi connectivity index (χ1) is 6.86. The van der Waals surface area contributed by atoms with Gasteiger partial charge in [0.15, 0.2) is 0 Å². The van der Waals surface area contributed by atoms with Crippen LogP contribution in [0.25, 0.3) is 0 Å². The monoisotopic (exact) mass is 198 g/mol. The van der Waals surface area contributed by atoms with Crippen molar-refractivity contribution in [3.63, 3.8) is 0 Å². The summed E-state index contributed by atoms with van der Waals surface area (Å²) in [6, 6.07) is 0.775. The topological polar surface area (TPSA) is 24.5 Å². The number of nitrogens with zero attached hydrogens (tertiary/aromatic N) is 1. The Kier molecular flexibility index (Phi) is 3.79. The van der Waals surface area contributed by atoms with Gasteiger partial charge in [0.25, 0.3) is 0 Å². The van der Waals surface area contributed by atoms with E-state index >= 15 is 0 Å². The lowest BCUT2D eigenvalue weighted by molar-refractivity contribution is 0.184. The van der Waals surface area contributed by atoms with Crippen LogP contribution in [0.15, 0.2) is 0 Å². The van der Waals surface area contributed by atoms with Gasteiger partial charge in [0.2, 0.25) is 0 Å². The Labute approximate surface area is 86.8 Å². The fourth-order valence-electron chi connectivity index (χ4n) is 2.44. The highest BCUT2D eigenvalue weighted by Gasteiger charge is 2.21. The third-order valence-electron chi connectivity index (χ3n) is 3.51. The van der Waals surface area contributed by atoms with Crippen molar-refractivity contribution in [2.75, 3.05) is 39.9 Å². The molecule has 2 heterocycles. The van der Waals surface area contributed by atoms with Crippen LogP contribution in [0.2, 0.25) is 0 Å². The lowest BCUT2D eigenvalue weighted by atomic mass is 10.1. The van der Waals surface area contributed by atoms with Crippen LogP contribution in [-0.4, -0.2) is 50.8 Å². The lowest BCUT2D eigenvalue weighted by Gasteiger charge is -2.20. The zero-order valence-corrected chi connectivity index (χ0v) is 9.17. The van der Waals surface area contributed by atoms with Gasteiger partial charge in [-0.3, -0.25) is 0 Å². The highest BCUT2D eigenvalue weighted by Crippen LogP contribution is 2.14. The largest absolute Gasteiger partial charge is 0.381 e. The summed E-state index contributed by atoms with van der Waals surface area (Å²) >= 11 is 0. The van der Waals surface area contributed by atoms with Crippen LogP contribution in [0, 0.1) is 5.92 Å². The molecule has 2 aliphatic rings. The highest BCUT2D eigenvalue weighted by molar-refractivity contribution is 4.79. The Morgan fingerprint density at radius 1 is 1.36 bits per heavy atom. The number of nitrogens with one attached hydrogen (secondary N) is 1. The third kappa shape index (κ3) is 2.69. The number of likely N-dealkylation sites (tertiary alicyclic amines) is 1. The number of ether oxygens (including phenoxy) is 1. The Balaban J connectivity index is 1.57. The molecule has 3 heteroatoms. The molecule has 0 spiro atoms. The van der Waals surface area contributed by atoms with Crippen LogP contribution in [0.1, 0.15) is 19.3 Å². The van der Waals surface area contributed by atoms with Crippen molar-refractivity contribution in [3.05, 3.63) is 0 Å². The minimum absolute atomic E-state index is 0.765. The van der Waals surface area contributed by atoms with Crippen LogP contribution < -0.4 is 5.32 Å². The molecule has 82 valence electrons. The van der Waals surface area contributed by atoms with Crippen molar-refractivity contribution in [2.24, 2.45) is 5.92 Å². The van der Waals surface area contributed by atoms with Crippen LogP contribution in [0.5, 0.6) is 0 Å². The van der Waals surface area contributed by atoms with E-state index in [9.17, 15) is 0 Å². The van der Waals surface area contributed by atoms with Crippen LogP contribution in [0.3, 0.4) is 0 Å². The van der Waals surface area contributed by atoms with Crippen molar-refractivity contribution in [1.82, 2.24) is 10.2 Å². The molecule has 2 rings (SSSR count). The molecule has 0 aromatic heterocycles. The number of hydrogen-bond acceptors (Lipinski definition) is 3. The average Bonchev–Trinajstić information content (AvgIpc) is 2.78. The minimum Gasteiger partial charge on any atom is -0.381 e. The standard InChI is InChI=1S/C11H22N2O/c1-13-5-2-3-11(13)8-12-7-10-4-6-14-9-10/h10-12H,2-9H2,1H3. The van der Waals surface area contributed by atoms with E-state index in [1.807, 2.05) is 0 Å². The van der Waals surface area contributed by atoms with Crippen molar-refractivity contribution in [1.29, 1.82) is 0 Å². The van der Waals surface area contributed by atoms with Gasteiger partial charge in [-0.15, -0.1) is 0 Å². The normalized spacial score (nSPS) is 34.1. The van der Waals surface area contributed by atoms with Gasteiger partial charge in [-0.05, 0) is 38.8 Å². The molecule has 0 bridgehead atoms. The molecule has 3 nitrogen and oxygen atoms in total. The Morgan fingerprint density at radius 2 is 2.29 bits per heavy atom. The molecule has 2 fully saturated rings. The second-order valence-electron chi connectivity index (χ2n) is 4.66. The van der Waals surface area contributed by atoms with Gasteiger partial charge < -0.3 is 15.0 Å². The second-order valence-corrected chi connectivity index (χ2v) is 4.66. The van der Waals surface area contributed by atoms with E-state index in [0.29, 0.717) is 0 Å². The zero-order chi connectivity index (χ0) is 9.80. The molecule has 0 amide bonds. The van der Waals surface area contributed by atoms with Gasteiger partial charge in [-0.25, -0.2) is 0 Å². The summed E-state index contributed by atoms with van der Waals surface area (Å²) in [5, 5.41) is 3.58. The summed E-state index contributed by atoms with van der Waals surface area (Å²) in [7, 11) is 2.23. The molecule has 0 saturated carbocycles. The molecule has 1 N–H and O–H groups in total. The maximum atomic E-state index is 5.35. The van der Waals surface area contributed by atoms with Gasteiger partial charge in [0.1, 0.15) is 0 Å². The second kappa shape index (κ2) is 5.10. The molecule has 0 aromatic carbocycles. The van der Waals surface area contributed by atoms with Gasteiger partial charge in [0, 0.05) is 25.7 Å². The van der Waals surface area contributed by atoms with Crippen molar-refractivity contribution < 1.29 is 4.74 Å². The molecule has 2 unspecified atom stereocenters. The van der Waals surface area contributed by atoms with E-state index < -0.39 is 0 Å². The van der Waals surface area contributed by atoms with E-state index in [-0.39, 0.29) is 0 Å². The average molecular weight is 198 g/mol. The first-order valence-electron chi connectivity index (χ1n) is 5.85. The van der Waals surface area contributed by atoms with E-state index in [0.717, 1.165) is 38.3 Å². The van der Waals surface area contributed by atoms with Crippen molar-refractivity contribution in [2.45, 2.75) is 25.3 Å². The van der Waals surface area contributed by atoms with Crippen LogP contribution in [0.4, 0.5) is 0 Å². The van der Waals surface area contributed by atoms with Gasteiger partial charge in [-0.1, -0.05) is 0 Å². The summed E-state index contributed by atoms with van der Waals surface area (Å²) in [5.41, 5.74) is 0. The Morgan fingerprint density at radius 3 is 2.93 bits per heavy atom. The fraction of sp³-hybridized carbons (Fsp3) is 1.00. The third-order valence-corrected chi connectivity index (χ3v) is 3.51. The van der Waals surface area contributed by atoms with E-state index in [2.05, 4.69) is 17.3 Å². The van der Waals surface area contributed by atoms with E-state index in [1.54, 1.807) is 0 Å². The summed E-state index contributed by atoms with van der Waals surface area (Å²) in [4.78, 5) is 2.47. The summed E-state index contributed by atoms with van der Waals surface area (Å²) in [6.07, 6.45) is 3.98. The van der Waals surface area contributed by atoms with Gasteiger partial charge in [0.05, 0.1) is 6.61 Å². The first kappa shape index (κ1) is 10.4. The Bertz CT molecular complexity index is 169. The van der Waals surface area contributed by atoms with Gasteiger partial charge in [-0.2, -0.15) is 0 Å². The number of likely N-dealkylation sites (N-methyl/N-ethyl adjacent to an activating group) is 1. The maximum absolute atomic E-state index is 5.35. The van der Waals surface area contributed by atoms with Crippen LogP contribution in [-0.2, 0) is 4.74 Å². The minimum atomic E-state index is 0.765.